The standard InChI is InChI=1S/C13H14O2/c14-15-13-9-5-4-8-12(13)10-11-6-2-1-3-7-11/h1-3,6-7,10H,4-5,8-9H2. The van der Waals surface area contributed by atoms with Gasteiger partial charge in [0.15, 0.2) is 0 Å². The fraction of sp³-hybridized carbons (Fsp3) is 0.308. The summed E-state index contributed by atoms with van der Waals surface area (Å²) in [6.45, 7) is 0. The van der Waals surface area contributed by atoms with Crippen LogP contribution in [0.4, 0.5) is 0 Å². The maximum Gasteiger partial charge on any atom is 0.355 e. The van der Waals surface area contributed by atoms with Crippen LogP contribution in [0.25, 0.3) is 6.08 Å². The first-order chi connectivity index (χ1) is 7.40. The topological polar surface area (TPSA) is 34.4 Å². The van der Waals surface area contributed by atoms with Gasteiger partial charge in [0.25, 0.3) is 0 Å². The normalized spacial score (nSPS) is 22.1. The van der Waals surface area contributed by atoms with Gasteiger partial charge in [-0.2, -0.15) is 4.58 Å². The summed E-state index contributed by atoms with van der Waals surface area (Å²) >= 11 is 0. The van der Waals surface area contributed by atoms with Crippen molar-refractivity contribution in [2.24, 2.45) is 0 Å². The van der Waals surface area contributed by atoms with Gasteiger partial charge in [-0.05, 0) is 30.9 Å². The summed E-state index contributed by atoms with van der Waals surface area (Å²) in [5.41, 5.74) is 2.19. The first-order valence-electron chi connectivity index (χ1n) is 5.32. The summed E-state index contributed by atoms with van der Waals surface area (Å²) in [6, 6.07) is 10.0. The first kappa shape index (κ1) is 9.97. The lowest BCUT2D eigenvalue weighted by Crippen LogP contribution is -2.16. The summed E-state index contributed by atoms with van der Waals surface area (Å²) in [4.78, 5) is 0. The number of carbonyl (C=O) groups excluding carboxylic acids is 1. The lowest BCUT2D eigenvalue weighted by atomic mass is 9.92. The van der Waals surface area contributed by atoms with Gasteiger partial charge < -0.3 is 5.26 Å². The summed E-state index contributed by atoms with van der Waals surface area (Å²) in [6.07, 6.45) is 5.98. The molecule has 0 aliphatic heterocycles. The Hall–Kier alpha value is -1.57. The molecule has 0 radical (unpaired) electrons. The van der Waals surface area contributed by atoms with Gasteiger partial charge >= 0.3 is 5.78 Å². The Kier molecular flexibility index (Phi) is 3.18. The van der Waals surface area contributed by atoms with Gasteiger partial charge in [0.05, 0.1) is 12.0 Å². The van der Waals surface area contributed by atoms with Gasteiger partial charge in [0, 0.05) is 0 Å². The highest BCUT2D eigenvalue weighted by atomic mass is 17.1. The molecular weight excluding hydrogens is 188 g/mol. The van der Waals surface area contributed by atoms with Crippen LogP contribution >= 0.6 is 0 Å². The van der Waals surface area contributed by atoms with Crippen molar-refractivity contribution >= 4 is 11.9 Å². The third-order valence-electron chi connectivity index (χ3n) is 2.70. The minimum Gasteiger partial charge on any atom is -0.462 e. The van der Waals surface area contributed by atoms with Crippen molar-refractivity contribution in [1.82, 2.24) is 0 Å². The number of rotatable bonds is 1. The van der Waals surface area contributed by atoms with Gasteiger partial charge in [0.1, 0.15) is 0 Å². The van der Waals surface area contributed by atoms with Crippen molar-refractivity contribution in [1.29, 1.82) is 0 Å². The van der Waals surface area contributed by atoms with Crippen molar-refractivity contribution in [3.63, 3.8) is 0 Å². The van der Waals surface area contributed by atoms with E-state index in [9.17, 15) is 5.26 Å². The van der Waals surface area contributed by atoms with E-state index in [2.05, 4.69) is 4.58 Å². The monoisotopic (exact) mass is 202 g/mol. The van der Waals surface area contributed by atoms with E-state index in [4.69, 9.17) is 0 Å². The molecule has 2 rings (SSSR count). The maximum atomic E-state index is 10.5. The zero-order valence-corrected chi connectivity index (χ0v) is 8.61. The molecule has 1 aliphatic carbocycles. The van der Waals surface area contributed by atoms with Crippen LogP contribution in [0.3, 0.4) is 0 Å². The second kappa shape index (κ2) is 4.78. The van der Waals surface area contributed by atoms with Gasteiger partial charge in [-0.25, -0.2) is 0 Å². The number of benzene rings is 1. The van der Waals surface area contributed by atoms with Gasteiger partial charge in [-0.3, -0.25) is 0 Å². The predicted molar refractivity (Wildman–Crippen MR) is 57.9 cm³/mol. The van der Waals surface area contributed by atoms with E-state index in [1.807, 2.05) is 36.4 Å². The van der Waals surface area contributed by atoms with Crippen LogP contribution in [-0.2, 0) is 4.58 Å². The fourth-order valence-corrected chi connectivity index (χ4v) is 1.90. The van der Waals surface area contributed by atoms with Crippen LogP contribution < -0.4 is 5.26 Å². The number of hydrogen-bond donors (Lipinski definition) is 0. The predicted octanol–water partition coefficient (Wildman–Crippen LogP) is 2.02. The van der Waals surface area contributed by atoms with Crippen molar-refractivity contribution < 1.29 is 9.83 Å². The minimum atomic E-state index is 0.616. The van der Waals surface area contributed by atoms with Crippen LogP contribution in [0.5, 0.6) is 0 Å². The Morgan fingerprint density at radius 3 is 2.53 bits per heavy atom. The molecule has 0 bridgehead atoms. The molecule has 0 atom stereocenters. The highest BCUT2D eigenvalue weighted by molar-refractivity contribution is 6.00. The lowest BCUT2D eigenvalue weighted by Gasteiger charge is -2.08. The van der Waals surface area contributed by atoms with Crippen LogP contribution in [-0.4, -0.2) is 5.78 Å². The van der Waals surface area contributed by atoms with Crippen LogP contribution in [0.2, 0.25) is 0 Å². The van der Waals surface area contributed by atoms with Crippen LogP contribution in [0, 0.1) is 0 Å². The maximum absolute atomic E-state index is 10.5. The van der Waals surface area contributed by atoms with Gasteiger partial charge in [0.2, 0.25) is 0 Å². The molecule has 15 heavy (non-hydrogen) atoms. The van der Waals surface area contributed by atoms with E-state index in [0.717, 1.165) is 36.8 Å². The van der Waals surface area contributed by atoms with E-state index in [-0.39, 0.29) is 0 Å². The summed E-state index contributed by atoms with van der Waals surface area (Å²) in [5, 5.41) is 10.5. The average molecular weight is 202 g/mol. The Balaban J connectivity index is 2.25. The van der Waals surface area contributed by atoms with Crippen LogP contribution in [0.1, 0.15) is 31.2 Å². The molecule has 2 heteroatoms. The molecule has 0 heterocycles. The molecule has 0 spiro atoms. The molecule has 1 aliphatic rings. The molecule has 1 aromatic carbocycles. The highest BCUT2D eigenvalue weighted by Gasteiger charge is 2.22. The summed E-state index contributed by atoms with van der Waals surface area (Å²) < 4.78 is 4.17. The zero-order valence-electron chi connectivity index (χ0n) is 8.61. The first-order valence-corrected chi connectivity index (χ1v) is 5.32. The van der Waals surface area contributed by atoms with E-state index < -0.39 is 0 Å². The average Bonchev–Trinajstić information content (AvgIpc) is 2.31. The second-order valence-corrected chi connectivity index (χ2v) is 3.79. The van der Waals surface area contributed by atoms with E-state index >= 15 is 0 Å². The number of allylic oxidation sites excluding steroid dienone is 1. The van der Waals surface area contributed by atoms with E-state index in [0.29, 0.717) is 5.78 Å². The highest BCUT2D eigenvalue weighted by Crippen LogP contribution is 2.22. The van der Waals surface area contributed by atoms with Gasteiger partial charge in [-0.1, -0.05) is 30.3 Å². The molecule has 0 amide bonds. The largest absolute Gasteiger partial charge is 0.462 e. The number of hydrogen-bond acceptors (Lipinski definition) is 1. The van der Waals surface area contributed by atoms with E-state index in [1.54, 1.807) is 0 Å². The third kappa shape index (κ3) is 2.46. The van der Waals surface area contributed by atoms with Crippen molar-refractivity contribution in [2.75, 3.05) is 0 Å². The molecule has 0 unspecified atom stereocenters. The molecule has 0 N–H and O–H groups in total. The molecule has 0 aromatic heterocycles. The smallest absolute Gasteiger partial charge is 0.355 e. The Morgan fingerprint density at radius 1 is 1.07 bits per heavy atom. The molecule has 2 nitrogen and oxygen atoms in total. The zero-order chi connectivity index (χ0) is 10.5. The van der Waals surface area contributed by atoms with Crippen molar-refractivity contribution in [3.8, 4) is 0 Å². The summed E-state index contributed by atoms with van der Waals surface area (Å²) in [7, 11) is 0. The Bertz CT molecular complexity index is 377. The van der Waals surface area contributed by atoms with Crippen molar-refractivity contribution in [2.45, 2.75) is 25.7 Å². The van der Waals surface area contributed by atoms with Crippen LogP contribution in [0.15, 0.2) is 35.9 Å². The Labute approximate surface area is 89.5 Å². The quantitative estimate of drug-likeness (QED) is 0.297. The minimum absolute atomic E-state index is 0.616. The van der Waals surface area contributed by atoms with Gasteiger partial charge in [-0.15, -0.1) is 0 Å². The van der Waals surface area contributed by atoms with E-state index in [1.165, 1.54) is 0 Å². The molecule has 1 fully saturated rings. The SMILES string of the molecule is [O-][O+]=C1CCCCC1=Cc1ccccc1. The summed E-state index contributed by atoms with van der Waals surface area (Å²) in [5.74, 6) is 0.616. The Morgan fingerprint density at radius 2 is 1.80 bits per heavy atom. The second-order valence-electron chi connectivity index (χ2n) is 3.79. The molecule has 1 saturated carbocycles. The fourth-order valence-electron chi connectivity index (χ4n) is 1.90. The number of ketones is 1. The molecule has 0 saturated heterocycles. The molecule has 78 valence electrons. The van der Waals surface area contributed by atoms with Crippen molar-refractivity contribution in [3.05, 3.63) is 41.5 Å². The lowest BCUT2D eigenvalue weighted by molar-refractivity contribution is -1.05. The molecular formula is C13H14O2. The molecule has 1 aromatic rings. The third-order valence-corrected chi connectivity index (χ3v) is 2.70.